The van der Waals surface area contributed by atoms with Crippen LogP contribution in [0.2, 0.25) is 0 Å². The van der Waals surface area contributed by atoms with Crippen LogP contribution in [-0.2, 0) is 11.2 Å². The summed E-state index contributed by atoms with van der Waals surface area (Å²) in [6.07, 6.45) is 2.39. The predicted octanol–water partition coefficient (Wildman–Crippen LogP) is 3.22. The number of hydrogen-bond donors (Lipinski definition) is 0. The first kappa shape index (κ1) is 13.1. The zero-order chi connectivity index (χ0) is 13.7. The molecule has 0 aliphatic heterocycles. The van der Waals surface area contributed by atoms with Gasteiger partial charge in [-0.15, -0.1) is 0 Å². The van der Waals surface area contributed by atoms with Crippen molar-refractivity contribution in [1.29, 1.82) is 0 Å². The summed E-state index contributed by atoms with van der Waals surface area (Å²) in [7, 11) is 1.34. The van der Waals surface area contributed by atoms with Gasteiger partial charge in [-0.05, 0) is 24.1 Å². The molecule has 2 rings (SSSR count). The molecular formula is C15H15NO3. The Hall–Kier alpha value is -2.36. The molecule has 4 heteroatoms. The quantitative estimate of drug-likeness (QED) is 0.789. The van der Waals surface area contributed by atoms with Crippen molar-refractivity contribution < 1.29 is 14.3 Å². The minimum absolute atomic E-state index is 0.379. The lowest BCUT2D eigenvalue weighted by Crippen LogP contribution is -2.02. The van der Waals surface area contributed by atoms with Crippen molar-refractivity contribution in [2.45, 2.75) is 13.3 Å². The number of esters is 1. The monoisotopic (exact) mass is 257 g/mol. The second-order valence-corrected chi connectivity index (χ2v) is 3.94. The molecule has 0 N–H and O–H groups in total. The van der Waals surface area contributed by atoms with E-state index < -0.39 is 5.97 Å². The molecule has 1 heterocycles. The van der Waals surface area contributed by atoms with Crippen LogP contribution in [0.3, 0.4) is 0 Å². The number of pyridine rings is 1. The topological polar surface area (TPSA) is 48.4 Å². The maximum atomic E-state index is 11.4. The first-order chi connectivity index (χ1) is 9.24. The van der Waals surface area contributed by atoms with E-state index in [0.29, 0.717) is 11.4 Å². The lowest BCUT2D eigenvalue weighted by atomic mass is 10.1. The van der Waals surface area contributed by atoms with Gasteiger partial charge in [-0.25, -0.2) is 9.78 Å². The van der Waals surface area contributed by atoms with Crippen molar-refractivity contribution in [3.05, 3.63) is 53.7 Å². The summed E-state index contributed by atoms with van der Waals surface area (Å²) >= 11 is 0. The van der Waals surface area contributed by atoms with Gasteiger partial charge in [0.2, 0.25) is 5.88 Å². The summed E-state index contributed by atoms with van der Waals surface area (Å²) in [4.78, 5) is 15.5. The highest BCUT2D eigenvalue weighted by atomic mass is 16.5. The van der Waals surface area contributed by atoms with Crippen molar-refractivity contribution in [2.75, 3.05) is 7.11 Å². The van der Waals surface area contributed by atoms with Crippen LogP contribution in [0.1, 0.15) is 22.8 Å². The van der Waals surface area contributed by atoms with Crippen molar-refractivity contribution in [1.82, 2.24) is 4.98 Å². The number of hydrogen-bond acceptors (Lipinski definition) is 4. The number of rotatable bonds is 4. The number of ether oxygens (including phenoxy) is 2. The van der Waals surface area contributed by atoms with Crippen LogP contribution in [0.5, 0.6) is 11.6 Å². The van der Waals surface area contributed by atoms with E-state index >= 15 is 0 Å². The van der Waals surface area contributed by atoms with E-state index in [2.05, 4.69) is 16.6 Å². The minimum atomic E-state index is -0.406. The Labute approximate surface area is 112 Å². The summed E-state index contributed by atoms with van der Waals surface area (Å²) in [6.45, 7) is 2.06. The Morgan fingerprint density at radius 2 is 2.05 bits per heavy atom. The lowest BCUT2D eigenvalue weighted by molar-refractivity contribution is 0.0600. The molecule has 0 saturated heterocycles. The highest BCUT2D eigenvalue weighted by molar-refractivity contribution is 5.89. The molecule has 1 aromatic heterocycles. The van der Waals surface area contributed by atoms with E-state index in [9.17, 15) is 4.79 Å². The third kappa shape index (κ3) is 3.10. The first-order valence-corrected chi connectivity index (χ1v) is 6.04. The van der Waals surface area contributed by atoms with Crippen molar-refractivity contribution >= 4 is 5.97 Å². The van der Waals surface area contributed by atoms with Gasteiger partial charge in [-0.2, -0.15) is 0 Å². The van der Waals surface area contributed by atoms with Crippen molar-refractivity contribution in [3.63, 3.8) is 0 Å². The molecule has 0 spiro atoms. The molecule has 0 radical (unpaired) electrons. The number of carbonyl (C=O) groups excluding carboxylic acids is 1. The first-order valence-electron chi connectivity index (χ1n) is 6.04. The normalized spacial score (nSPS) is 10.0. The fraction of sp³-hybridized carbons (Fsp3) is 0.200. The zero-order valence-electron chi connectivity index (χ0n) is 10.9. The summed E-state index contributed by atoms with van der Waals surface area (Å²) in [5, 5.41) is 0. The number of benzene rings is 1. The van der Waals surface area contributed by atoms with Crippen LogP contribution in [0.4, 0.5) is 0 Å². The van der Waals surface area contributed by atoms with Gasteiger partial charge < -0.3 is 9.47 Å². The minimum Gasteiger partial charge on any atom is -0.465 e. The van der Waals surface area contributed by atoms with E-state index in [1.165, 1.54) is 13.3 Å². The van der Waals surface area contributed by atoms with Gasteiger partial charge in [0.05, 0.1) is 12.7 Å². The zero-order valence-corrected chi connectivity index (χ0v) is 10.9. The molecule has 0 bridgehead atoms. The molecule has 0 atom stereocenters. The van der Waals surface area contributed by atoms with Gasteiger partial charge in [0.1, 0.15) is 5.75 Å². The summed E-state index contributed by atoms with van der Waals surface area (Å²) < 4.78 is 10.4. The van der Waals surface area contributed by atoms with Gasteiger partial charge in [-0.3, -0.25) is 0 Å². The van der Waals surface area contributed by atoms with Crippen molar-refractivity contribution in [3.8, 4) is 11.6 Å². The van der Waals surface area contributed by atoms with E-state index in [1.54, 1.807) is 12.1 Å². The third-order valence-electron chi connectivity index (χ3n) is 2.72. The van der Waals surface area contributed by atoms with Crippen LogP contribution in [0.15, 0.2) is 42.6 Å². The van der Waals surface area contributed by atoms with Gasteiger partial charge in [0.25, 0.3) is 0 Å². The Kier molecular flexibility index (Phi) is 4.13. The number of nitrogens with zero attached hydrogens (tertiary/aromatic N) is 1. The average Bonchev–Trinajstić information content (AvgIpc) is 2.47. The SMILES string of the molecule is CCc1ccccc1Oc1cc(C(=O)OC)ccn1. The molecule has 0 aliphatic carbocycles. The van der Waals surface area contributed by atoms with Gasteiger partial charge >= 0.3 is 5.97 Å². The molecule has 4 nitrogen and oxygen atoms in total. The average molecular weight is 257 g/mol. The Morgan fingerprint density at radius 1 is 1.26 bits per heavy atom. The third-order valence-corrected chi connectivity index (χ3v) is 2.72. The largest absolute Gasteiger partial charge is 0.465 e. The molecular weight excluding hydrogens is 242 g/mol. The number of methoxy groups -OCH3 is 1. The van der Waals surface area contributed by atoms with Crippen LogP contribution in [-0.4, -0.2) is 18.1 Å². The Morgan fingerprint density at radius 3 is 2.79 bits per heavy atom. The Bertz CT molecular complexity index is 581. The molecule has 0 amide bonds. The molecule has 98 valence electrons. The van der Waals surface area contributed by atoms with E-state index in [4.69, 9.17) is 4.74 Å². The fourth-order valence-corrected chi connectivity index (χ4v) is 1.72. The van der Waals surface area contributed by atoms with Crippen molar-refractivity contribution in [2.24, 2.45) is 0 Å². The smallest absolute Gasteiger partial charge is 0.338 e. The molecule has 0 unspecified atom stereocenters. The second-order valence-electron chi connectivity index (χ2n) is 3.94. The van der Waals surface area contributed by atoms with E-state index in [0.717, 1.165) is 17.7 Å². The van der Waals surface area contributed by atoms with Crippen LogP contribution >= 0.6 is 0 Å². The highest BCUT2D eigenvalue weighted by Crippen LogP contribution is 2.24. The number of aryl methyl sites for hydroxylation is 1. The molecule has 2 aromatic rings. The number of carbonyl (C=O) groups is 1. The molecule has 0 aliphatic rings. The van der Waals surface area contributed by atoms with Crippen LogP contribution in [0, 0.1) is 0 Å². The summed E-state index contributed by atoms with van der Waals surface area (Å²) in [5.41, 5.74) is 1.51. The summed E-state index contributed by atoms with van der Waals surface area (Å²) in [6, 6.07) is 10.9. The Balaban J connectivity index is 2.26. The lowest BCUT2D eigenvalue weighted by Gasteiger charge is -2.09. The van der Waals surface area contributed by atoms with Gasteiger partial charge in [0.15, 0.2) is 0 Å². The maximum absolute atomic E-state index is 11.4. The summed E-state index contributed by atoms with van der Waals surface area (Å²) in [5.74, 6) is 0.722. The number of aromatic nitrogens is 1. The van der Waals surface area contributed by atoms with Gasteiger partial charge in [-0.1, -0.05) is 25.1 Å². The maximum Gasteiger partial charge on any atom is 0.338 e. The standard InChI is InChI=1S/C15H15NO3/c1-3-11-6-4-5-7-13(11)19-14-10-12(8-9-16-14)15(17)18-2/h4-10H,3H2,1-2H3. The van der Waals surface area contributed by atoms with E-state index in [1.807, 2.05) is 24.3 Å². The van der Waals surface area contributed by atoms with Crippen LogP contribution < -0.4 is 4.74 Å². The fourth-order valence-electron chi connectivity index (χ4n) is 1.72. The molecule has 0 fully saturated rings. The molecule has 0 saturated carbocycles. The van der Waals surface area contributed by atoms with Gasteiger partial charge in [0, 0.05) is 12.3 Å². The molecule has 1 aromatic carbocycles. The number of para-hydroxylation sites is 1. The predicted molar refractivity (Wildman–Crippen MR) is 71.5 cm³/mol. The second kappa shape index (κ2) is 6.00. The molecule has 19 heavy (non-hydrogen) atoms. The van der Waals surface area contributed by atoms with E-state index in [-0.39, 0.29) is 0 Å². The highest BCUT2D eigenvalue weighted by Gasteiger charge is 2.09. The van der Waals surface area contributed by atoms with Crippen LogP contribution in [0.25, 0.3) is 0 Å².